The van der Waals surface area contributed by atoms with E-state index < -0.39 is 0 Å². The topological polar surface area (TPSA) is 59.4 Å². The summed E-state index contributed by atoms with van der Waals surface area (Å²) in [5.41, 5.74) is 0.329. The van der Waals surface area contributed by atoms with Gasteiger partial charge in [0.05, 0.1) is 12.6 Å². The number of imidazole rings is 1. The lowest BCUT2D eigenvalue weighted by molar-refractivity contribution is -0.141. The first kappa shape index (κ1) is 18.9. The lowest BCUT2D eigenvalue weighted by Gasteiger charge is -2.30. The maximum absolute atomic E-state index is 13.2. The van der Waals surface area contributed by atoms with E-state index in [2.05, 4.69) is 26.7 Å². The fourth-order valence-electron chi connectivity index (χ4n) is 5.04. The zero-order valence-electron chi connectivity index (χ0n) is 16.7. The van der Waals surface area contributed by atoms with Crippen LogP contribution in [0, 0.1) is 5.41 Å². The fourth-order valence-corrected chi connectivity index (χ4v) is 5.04. The molecule has 1 spiro atoms. The fraction of sp³-hybridized carbons (Fsp3) is 0.810. The van der Waals surface area contributed by atoms with Gasteiger partial charge in [-0.25, -0.2) is 4.98 Å². The Labute approximate surface area is 162 Å². The van der Waals surface area contributed by atoms with Gasteiger partial charge in [-0.1, -0.05) is 19.3 Å². The molecule has 3 fully saturated rings. The van der Waals surface area contributed by atoms with Crippen molar-refractivity contribution in [2.24, 2.45) is 5.41 Å². The lowest BCUT2D eigenvalue weighted by Crippen LogP contribution is -2.41. The van der Waals surface area contributed by atoms with Crippen LogP contribution in [-0.4, -0.2) is 52.2 Å². The van der Waals surface area contributed by atoms with Crippen LogP contribution in [0.5, 0.6) is 0 Å². The summed E-state index contributed by atoms with van der Waals surface area (Å²) < 4.78 is 8.16. The summed E-state index contributed by atoms with van der Waals surface area (Å²) in [7, 11) is 0. The first-order chi connectivity index (χ1) is 13.2. The monoisotopic (exact) mass is 374 g/mol. The summed E-state index contributed by atoms with van der Waals surface area (Å²) in [6, 6.07) is 0.351. The minimum atomic E-state index is 0.145. The highest BCUT2D eigenvalue weighted by Gasteiger charge is 2.57. The average Bonchev–Trinajstić information content (AvgIpc) is 3.18. The summed E-state index contributed by atoms with van der Waals surface area (Å²) in [5, 5.41) is 3.46. The maximum Gasteiger partial charge on any atom is 0.249 e. The molecule has 0 aromatic carbocycles. The van der Waals surface area contributed by atoms with Gasteiger partial charge in [-0.05, 0) is 57.5 Å². The third-order valence-electron chi connectivity index (χ3n) is 6.89. The van der Waals surface area contributed by atoms with Crippen LogP contribution in [0.25, 0.3) is 0 Å². The maximum atomic E-state index is 13.2. The molecule has 4 rings (SSSR count). The second kappa shape index (κ2) is 8.31. The van der Waals surface area contributed by atoms with Crippen molar-refractivity contribution in [3.05, 3.63) is 18.2 Å². The van der Waals surface area contributed by atoms with Gasteiger partial charge in [0.1, 0.15) is 12.4 Å². The van der Waals surface area contributed by atoms with Crippen molar-refractivity contribution in [1.82, 2.24) is 19.8 Å². The van der Waals surface area contributed by atoms with Crippen molar-refractivity contribution in [2.45, 2.75) is 83.5 Å². The average molecular weight is 375 g/mol. The molecule has 27 heavy (non-hydrogen) atoms. The Balaban J connectivity index is 1.43. The van der Waals surface area contributed by atoms with Gasteiger partial charge in [0, 0.05) is 25.0 Å². The SMILES string of the molecule is CCn1ccnc1CN(C(=O)COC1CCCCC1)[C@@H]1CC12CCNCC2. The van der Waals surface area contributed by atoms with Crippen LogP contribution < -0.4 is 5.32 Å². The Kier molecular flexibility index (Phi) is 5.83. The molecule has 6 heteroatoms. The molecule has 1 N–H and O–H groups in total. The van der Waals surface area contributed by atoms with Gasteiger partial charge in [-0.2, -0.15) is 0 Å². The van der Waals surface area contributed by atoms with E-state index in [1.165, 1.54) is 32.1 Å². The van der Waals surface area contributed by atoms with Gasteiger partial charge < -0.3 is 19.5 Å². The minimum absolute atomic E-state index is 0.145. The number of ether oxygens (including phenoxy) is 1. The molecule has 0 radical (unpaired) electrons. The van der Waals surface area contributed by atoms with Gasteiger partial charge in [-0.3, -0.25) is 4.79 Å². The van der Waals surface area contributed by atoms with Crippen molar-refractivity contribution in [3.63, 3.8) is 0 Å². The Morgan fingerprint density at radius 3 is 2.85 bits per heavy atom. The predicted octanol–water partition coefficient (Wildman–Crippen LogP) is 2.72. The molecular formula is C21H34N4O2. The van der Waals surface area contributed by atoms with E-state index in [4.69, 9.17) is 4.74 Å². The summed E-state index contributed by atoms with van der Waals surface area (Å²) >= 11 is 0. The van der Waals surface area contributed by atoms with Crippen LogP contribution in [0.2, 0.25) is 0 Å². The number of amides is 1. The van der Waals surface area contributed by atoms with E-state index in [1.807, 2.05) is 12.4 Å². The molecular weight excluding hydrogens is 340 g/mol. The zero-order chi connectivity index (χ0) is 18.7. The molecule has 2 aliphatic carbocycles. The van der Waals surface area contributed by atoms with Gasteiger partial charge in [0.2, 0.25) is 5.91 Å². The number of hydrogen-bond acceptors (Lipinski definition) is 4. The molecule has 0 bridgehead atoms. The molecule has 3 aliphatic rings. The Bertz CT molecular complexity index is 632. The van der Waals surface area contributed by atoms with Gasteiger partial charge in [0.15, 0.2) is 0 Å². The Morgan fingerprint density at radius 1 is 1.33 bits per heavy atom. The van der Waals surface area contributed by atoms with E-state index in [1.54, 1.807) is 0 Å². The first-order valence-electron chi connectivity index (χ1n) is 10.8. The largest absolute Gasteiger partial charge is 0.368 e. The second-order valence-corrected chi connectivity index (χ2v) is 8.55. The van der Waals surface area contributed by atoms with Crippen molar-refractivity contribution < 1.29 is 9.53 Å². The molecule has 2 saturated carbocycles. The van der Waals surface area contributed by atoms with Crippen LogP contribution in [-0.2, 0) is 22.6 Å². The van der Waals surface area contributed by atoms with Crippen molar-refractivity contribution in [1.29, 1.82) is 0 Å². The third kappa shape index (κ3) is 4.21. The zero-order valence-corrected chi connectivity index (χ0v) is 16.7. The van der Waals surface area contributed by atoms with E-state index in [9.17, 15) is 4.79 Å². The molecule has 150 valence electrons. The highest BCUT2D eigenvalue weighted by molar-refractivity contribution is 5.78. The lowest BCUT2D eigenvalue weighted by atomic mass is 9.93. The van der Waals surface area contributed by atoms with Crippen LogP contribution in [0.1, 0.15) is 64.1 Å². The number of aryl methyl sites for hydroxylation is 1. The van der Waals surface area contributed by atoms with Crippen LogP contribution in [0.3, 0.4) is 0 Å². The van der Waals surface area contributed by atoms with Gasteiger partial charge in [-0.15, -0.1) is 0 Å². The molecule has 1 aromatic rings. The number of rotatable bonds is 7. The summed E-state index contributed by atoms with van der Waals surface area (Å²) in [4.78, 5) is 19.8. The van der Waals surface area contributed by atoms with E-state index in [-0.39, 0.29) is 18.6 Å². The van der Waals surface area contributed by atoms with E-state index in [0.717, 1.165) is 44.7 Å². The van der Waals surface area contributed by atoms with Crippen molar-refractivity contribution in [2.75, 3.05) is 19.7 Å². The number of carbonyl (C=O) groups excluding carboxylic acids is 1. The number of nitrogens with zero attached hydrogens (tertiary/aromatic N) is 3. The van der Waals surface area contributed by atoms with Crippen molar-refractivity contribution >= 4 is 5.91 Å². The molecule has 1 saturated heterocycles. The molecule has 6 nitrogen and oxygen atoms in total. The van der Waals surface area contributed by atoms with E-state index in [0.29, 0.717) is 18.0 Å². The number of carbonyl (C=O) groups is 1. The summed E-state index contributed by atoms with van der Waals surface area (Å²) in [5.74, 6) is 1.13. The Hall–Kier alpha value is -1.40. The van der Waals surface area contributed by atoms with Crippen LogP contribution in [0.15, 0.2) is 12.4 Å². The number of nitrogens with one attached hydrogen (secondary N) is 1. The van der Waals surface area contributed by atoms with Crippen LogP contribution >= 0.6 is 0 Å². The van der Waals surface area contributed by atoms with Gasteiger partial charge >= 0.3 is 0 Å². The molecule has 0 unspecified atom stereocenters. The second-order valence-electron chi connectivity index (χ2n) is 8.55. The van der Waals surface area contributed by atoms with E-state index >= 15 is 0 Å². The normalized spacial score (nSPS) is 24.9. The molecule has 2 heterocycles. The number of piperidine rings is 1. The van der Waals surface area contributed by atoms with Crippen molar-refractivity contribution in [3.8, 4) is 0 Å². The number of aromatic nitrogens is 2. The molecule has 1 atom stereocenters. The Morgan fingerprint density at radius 2 is 2.11 bits per heavy atom. The van der Waals surface area contributed by atoms with Gasteiger partial charge in [0.25, 0.3) is 0 Å². The highest BCUT2D eigenvalue weighted by atomic mass is 16.5. The molecule has 1 amide bonds. The smallest absolute Gasteiger partial charge is 0.249 e. The molecule has 1 aromatic heterocycles. The quantitative estimate of drug-likeness (QED) is 0.797. The first-order valence-corrected chi connectivity index (χ1v) is 10.8. The molecule has 1 aliphatic heterocycles. The predicted molar refractivity (Wildman–Crippen MR) is 104 cm³/mol. The van der Waals surface area contributed by atoms with Crippen LogP contribution in [0.4, 0.5) is 0 Å². The standard InChI is InChI=1S/C21H34N4O2/c1-2-24-13-12-23-19(24)15-25(18-14-21(18)8-10-22-11-9-21)20(26)16-27-17-6-4-3-5-7-17/h12-13,17-18,22H,2-11,14-16H2,1H3/t18-/m1/s1. The number of hydrogen-bond donors (Lipinski definition) is 1. The minimum Gasteiger partial charge on any atom is -0.368 e. The summed E-state index contributed by atoms with van der Waals surface area (Å²) in [6.45, 7) is 5.97. The third-order valence-corrected chi connectivity index (χ3v) is 6.89. The highest BCUT2D eigenvalue weighted by Crippen LogP contribution is 2.56. The summed E-state index contributed by atoms with van der Waals surface area (Å²) in [6.07, 6.45) is 13.6.